The second-order valence-electron chi connectivity index (χ2n) is 6.55. The van der Waals surface area contributed by atoms with E-state index in [1.54, 1.807) is 16.3 Å². The highest BCUT2D eigenvalue weighted by Crippen LogP contribution is 2.23. The fourth-order valence-corrected chi connectivity index (χ4v) is 4.12. The van der Waals surface area contributed by atoms with Crippen molar-refractivity contribution in [1.29, 1.82) is 0 Å². The summed E-state index contributed by atoms with van der Waals surface area (Å²) in [6.45, 7) is 3.74. The minimum atomic E-state index is -0.103. The first-order valence-electron chi connectivity index (χ1n) is 9.22. The highest BCUT2D eigenvalue weighted by atomic mass is 32.2. The first-order chi connectivity index (χ1) is 13.7. The molecule has 0 amide bonds. The van der Waals surface area contributed by atoms with E-state index in [-0.39, 0.29) is 12.2 Å². The van der Waals surface area contributed by atoms with Crippen LogP contribution in [-0.4, -0.2) is 49.7 Å². The summed E-state index contributed by atoms with van der Waals surface area (Å²) in [6.07, 6.45) is 0. The molecule has 2 aromatic carbocycles. The number of benzene rings is 2. The summed E-state index contributed by atoms with van der Waals surface area (Å²) in [4.78, 5) is 13.2. The van der Waals surface area contributed by atoms with Crippen molar-refractivity contribution in [2.75, 3.05) is 25.4 Å². The molecular weight excluding hydrogens is 374 g/mol. The molecule has 144 valence electrons. The molecule has 0 saturated heterocycles. The molecule has 28 heavy (non-hydrogen) atoms. The second kappa shape index (κ2) is 8.14. The van der Waals surface area contributed by atoms with Crippen LogP contribution in [0.25, 0.3) is 22.4 Å². The molecule has 2 aromatic heterocycles. The number of fused-ring (bicyclic) bond motifs is 3. The molecule has 0 bridgehead atoms. The Morgan fingerprint density at radius 3 is 2.79 bits per heavy atom. The monoisotopic (exact) mass is 396 g/mol. The summed E-state index contributed by atoms with van der Waals surface area (Å²) in [5.74, 6) is 1.34. The molecule has 0 radical (unpaired) electrons. The molecule has 0 aliphatic heterocycles. The van der Waals surface area contributed by atoms with Crippen molar-refractivity contribution in [2.24, 2.45) is 0 Å². The number of quaternary nitrogens is 1. The van der Waals surface area contributed by atoms with Gasteiger partial charge in [0.2, 0.25) is 5.78 Å². The highest BCUT2D eigenvalue weighted by Gasteiger charge is 2.17. The number of hydrogen-bond acceptors (Lipinski definition) is 5. The first-order valence-corrected chi connectivity index (χ1v) is 10.2. The molecule has 3 N–H and O–H groups in total. The number of aromatic nitrogens is 4. The number of aliphatic hydroxyl groups is 1. The van der Waals surface area contributed by atoms with E-state index >= 15 is 0 Å². The van der Waals surface area contributed by atoms with Crippen LogP contribution in [0, 0.1) is 6.92 Å². The number of nitrogens with zero attached hydrogens (tertiary/aromatic N) is 4. The van der Waals surface area contributed by atoms with Gasteiger partial charge in [-0.1, -0.05) is 36.0 Å². The Morgan fingerprint density at radius 1 is 1.11 bits per heavy atom. The Labute approximate surface area is 166 Å². The highest BCUT2D eigenvalue weighted by molar-refractivity contribution is 7.99. The molecule has 0 aliphatic rings. The van der Waals surface area contributed by atoms with E-state index in [4.69, 9.17) is 5.11 Å². The normalized spacial score (nSPS) is 11.5. The molecule has 0 fully saturated rings. The summed E-state index contributed by atoms with van der Waals surface area (Å²) in [5.41, 5.74) is 2.55. The number of aryl methyl sites for hydroxylation is 1. The zero-order valence-corrected chi connectivity index (χ0v) is 16.4. The average Bonchev–Trinajstić information content (AvgIpc) is 3.12. The summed E-state index contributed by atoms with van der Waals surface area (Å²) in [5, 5.41) is 21.1. The molecule has 0 aliphatic carbocycles. The van der Waals surface area contributed by atoms with Crippen molar-refractivity contribution >= 4 is 28.4 Å². The molecular formula is C20H22N5O2S+. The topological polar surface area (TPSA) is 89.0 Å². The summed E-state index contributed by atoms with van der Waals surface area (Å²) in [6, 6.07) is 15.4. The van der Waals surface area contributed by atoms with E-state index in [1.807, 2.05) is 59.9 Å². The third-order valence-electron chi connectivity index (χ3n) is 4.54. The zero-order chi connectivity index (χ0) is 19.5. The van der Waals surface area contributed by atoms with E-state index in [0.717, 1.165) is 34.2 Å². The number of rotatable bonds is 7. The molecule has 8 heteroatoms. The maximum absolute atomic E-state index is 13.2. The Morgan fingerprint density at radius 2 is 1.96 bits per heavy atom. The molecule has 2 heterocycles. The Bertz CT molecular complexity index is 1180. The number of aliphatic hydroxyl groups excluding tert-OH is 1. The lowest BCUT2D eigenvalue weighted by atomic mass is 10.2. The van der Waals surface area contributed by atoms with Crippen LogP contribution in [0.4, 0.5) is 0 Å². The van der Waals surface area contributed by atoms with Crippen molar-refractivity contribution in [3.8, 4) is 5.69 Å². The fraction of sp³-hybridized carbons (Fsp3) is 0.250. The molecule has 4 aromatic rings. The van der Waals surface area contributed by atoms with Gasteiger partial charge >= 0.3 is 0 Å². The fourth-order valence-electron chi connectivity index (χ4n) is 3.24. The van der Waals surface area contributed by atoms with Crippen LogP contribution in [-0.2, 0) is 0 Å². The van der Waals surface area contributed by atoms with Gasteiger partial charge in [0.1, 0.15) is 0 Å². The van der Waals surface area contributed by atoms with Crippen molar-refractivity contribution in [2.45, 2.75) is 12.1 Å². The van der Waals surface area contributed by atoms with Gasteiger partial charge in [-0.2, -0.15) is 0 Å². The molecule has 0 atom stereocenters. The van der Waals surface area contributed by atoms with Crippen LogP contribution in [0.15, 0.2) is 58.5 Å². The molecule has 4 rings (SSSR count). The zero-order valence-electron chi connectivity index (χ0n) is 15.6. The Kier molecular flexibility index (Phi) is 5.43. The van der Waals surface area contributed by atoms with E-state index in [0.29, 0.717) is 17.7 Å². The van der Waals surface area contributed by atoms with Gasteiger partial charge < -0.3 is 10.4 Å². The summed E-state index contributed by atoms with van der Waals surface area (Å²) < 4.78 is 3.58. The standard InChI is InChI=1S/C20H21N5O2S/c1-14-5-4-6-15(13-14)24-18(27)16-7-2-3-8-17(16)25-19(24)22-23-20(25)28-12-10-21-9-11-26/h2-8,13,21,26H,9-12H2,1H3/p+1. The van der Waals surface area contributed by atoms with Crippen LogP contribution in [0.2, 0.25) is 0 Å². The lowest BCUT2D eigenvalue weighted by Crippen LogP contribution is -2.85. The van der Waals surface area contributed by atoms with Crippen molar-refractivity contribution < 1.29 is 10.4 Å². The molecule has 0 saturated carbocycles. The second-order valence-corrected chi connectivity index (χ2v) is 7.61. The van der Waals surface area contributed by atoms with E-state index in [9.17, 15) is 4.79 Å². The third-order valence-corrected chi connectivity index (χ3v) is 5.50. The number of thioether (sulfide) groups is 1. The van der Waals surface area contributed by atoms with Gasteiger partial charge in [0.05, 0.1) is 42.0 Å². The number of para-hydroxylation sites is 1. The predicted molar refractivity (Wildman–Crippen MR) is 110 cm³/mol. The van der Waals surface area contributed by atoms with Gasteiger partial charge in [0.25, 0.3) is 5.56 Å². The quantitative estimate of drug-likeness (QED) is 0.359. The van der Waals surface area contributed by atoms with Crippen molar-refractivity contribution in [1.82, 2.24) is 19.2 Å². The van der Waals surface area contributed by atoms with Crippen molar-refractivity contribution in [3.05, 3.63) is 64.4 Å². The van der Waals surface area contributed by atoms with Crippen LogP contribution < -0.4 is 10.9 Å². The third kappa shape index (κ3) is 3.42. The maximum Gasteiger partial charge on any atom is 0.267 e. The Balaban J connectivity index is 1.88. The van der Waals surface area contributed by atoms with E-state index in [2.05, 4.69) is 15.5 Å². The summed E-state index contributed by atoms with van der Waals surface area (Å²) in [7, 11) is 0. The van der Waals surface area contributed by atoms with Gasteiger partial charge in [0.15, 0.2) is 5.16 Å². The van der Waals surface area contributed by atoms with Crippen LogP contribution in [0.5, 0.6) is 0 Å². The number of nitrogens with two attached hydrogens (primary N) is 1. The van der Waals surface area contributed by atoms with E-state index < -0.39 is 0 Å². The smallest absolute Gasteiger partial charge is 0.267 e. The van der Waals surface area contributed by atoms with Crippen LogP contribution >= 0.6 is 11.8 Å². The van der Waals surface area contributed by atoms with E-state index in [1.165, 1.54) is 0 Å². The van der Waals surface area contributed by atoms with Gasteiger partial charge in [-0.25, -0.2) is 4.57 Å². The minimum absolute atomic E-state index is 0.103. The van der Waals surface area contributed by atoms with Crippen LogP contribution in [0.3, 0.4) is 0 Å². The van der Waals surface area contributed by atoms with Gasteiger partial charge in [-0.3, -0.25) is 9.20 Å². The molecule has 0 spiro atoms. The average molecular weight is 396 g/mol. The maximum atomic E-state index is 13.2. The SMILES string of the molecule is Cc1cccc(-n2c(=O)c3ccccc3n3c(SCC[NH2+]CCO)nnc23)c1. The predicted octanol–water partition coefficient (Wildman–Crippen LogP) is 0.990. The largest absolute Gasteiger partial charge is 0.391 e. The first kappa shape index (κ1) is 18.7. The molecule has 7 nitrogen and oxygen atoms in total. The lowest BCUT2D eigenvalue weighted by molar-refractivity contribution is -0.651. The van der Waals surface area contributed by atoms with Gasteiger partial charge in [-0.05, 0) is 36.8 Å². The summed E-state index contributed by atoms with van der Waals surface area (Å²) >= 11 is 1.60. The molecule has 0 unspecified atom stereocenters. The van der Waals surface area contributed by atoms with Crippen molar-refractivity contribution in [3.63, 3.8) is 0 Å². The van der Waals surface area contributed by atoms with Gasteiger partial charge in [0, 0.05) is 0 Å². The lowest BCUT2D eigenvalue weighted by Gasteiger charge is -2.11. The van der Waals surface area contributed by atoms with Crippen LogP contribution in [0.1, 0.15) is 5.56 Å². The minimum Gasteiger partial charge on any atom is -0.391 e. The number of hydrogen-bond donors (Lipinski definition) is 2. The van der Waals surface area contributed by atoms with Gasteiger partial charge in [-0.15, -0.1) is 10.2 Å². The Hall–Kier alpha value is -2.68.